The van der Waals surface area contributed by atoms with E-state index in [9.17, 15) is 0 Å². The Morgan fingerprint density at radius 3 is 2.54 bits per heavy atom. The summed E-state index contributed by atoms with van der Waals surface area (Å²) < 4.78 is 7.47. The highest BCUT2D eigenvalue weighted by Gasteiger charge is 2.23. The molecule has 3 heterocycles. The van der Waals surface area contributed by atoms with Gasteiger partial charge >= 0.3 is 0 Å². The molecule has 0 spiro atoms. The number of rotatable bonds is 5. The molecule has 0 bridgehead atoms. The number of aryl methyl sites for hydroxylation is 2. The van der Waals surface area contributed by atoms with Crippen molar-refractivity contribution in [1.82, 2.24) is 5.32 Å². The molecule has 0 saturated heterocycles. The highest BCUT2D eigenvalue weighted by molar-refractivity contribution is 7.20. The van der Waals surface area contributed by atoms with Crippen molar-refractivity contribution in [3.8, 4) is 0 Å². The molecule has 5 heteroatoms. The van der Waals surface area contributed by atoms with E-state index in [1.54, 1.807) is 0 Å². The minimum absolute atomic E-state index is 0.248. The van der Waals surface area contributed by atoms with Crippen LogP contribution in [0.2, 0.25) is 0 Å². The second-order valence-electron chi connectivity index (χ2n) is 12.5. The SMILES string of the molecule is C/C=C\c1sc2cc(C3=NC(c4ccccc4)NC(c4ccc5c(c4)C=C(c4cccc6oc7ccccc7c46)CC5)=N3)ccc2c1C. The van der Waals surface area contributed by atoms with Crippen LogP contribution in [0.1, 0.15) is 63.3 Å². The summed E-state index contributed by atoms with van der Waals surface area (Å²) in [6.07, 6.45) is 8.38. The first-order valence-electron chi connectivity index (χ1n) is 16.5. The monoisotopic (exact) mass is 639 g/mol. The summed E-state index contributed by atoms with van der Waals surface area (Å²) in [7, 11) is 0. The molecule has 0 radical (unpaired) electrons. The molecule has 1 aliphatic heterocycles. The minimum Gasteiger partial charge on any atom is -0.456 e. The molecule has 48 heavy (non-hydrogen) atoms. The third-order valence-corrected chi connectivity index (χ3v) is 10.8. The minimum atomic E-state index is -0.248. The Morgan fingerprint density at radius 1 is 0.812 bits per heavy atom. The van der Waals surface area contributed by atoms with Crippen molar-refractivity contribution in [2.45, 2.75) is 32.9 Å². The van der Waals surface area contributed by atoms with E-state index in [1.807, 2.05) is 23.5 Å². The lowest BCUT2D eigenvalue weighted by Crippen LogP contribution is -2.33. The summed E-state index contributed by atoms with van der Waals surface area (Å²) >= 11 is 1.82. The van der Waals surface area contributed by atoms with Crippen LogP contribution >= 0.6 is 11.3 Å². The van der Waals surface area contributed by atoms with Gasteiger partial charge in [-0.1, -0.05) is 97.1 Å². The number of para-hydroxylation sites is 1. The number of aliphatic imine (C=N–C) groups is 2. The third kappa shape index (κ3) is 4.90. The summed E-state index contributed by atoms with van der Waals surface area (Å²) in [6.45, 7) is 4.27. The largest absolute Gasteiger partial charge is 0.456 e. The summed E-state index contributed by atoms with van der Waals surface area (Å²) in [4.78, 5) is 11.6. The van der Waals surface area contributed by atoms with E-state index >= 15 is 0 Å². The van der Waals surface area contributed by atoms with Crippen LogP contribution in [0, 0.1) is 6.92 Å². The van der Waals surface area contributed by atoms with Crippen molar-refractivity contribution in [2.24, 2.45) is 9.98 Å². The Balaban J connectivity index is 1.13. The van der Waals surface area contributed by atoms with Gasteiger partial charge in [0.1, 0.15) is 23.2 Å². The molecule has 0 fully saturated rings. The number of allylic oxidation sites excluding steroid dienone is 2. The Kier molecular flexibility index (Phi) is 6.94. The first kappa shape index (κ1) is 28.7. The molecule has 1 unspecified atom stereocenters. The quantitative estimate of drug-likeness (QED) is 0.204. The van der Waals surface area contributed by atoms with Crippen molar-refractivity contribution in [3.63, 3.8) is 0 Å². The summed E-state index contributed by atoms with van der Waals surface area (Å²) in [6, 6.07) is 38.5. The molecule has 4 nitrogen and oxygen atoms in total. The summed E-state index contributed by atoms with van der Waals surface area (Å²) in [5, 5.41) is 7.31. The average molecular weight is 640 g/mol. The molecule has 0 saturated carbocycles. The van der Waals surface area contributed by atoms with E-state index in [-0.39, 0.29) is 6.17 Å². The number of hydrogen-bond donors (Lipinski definition) is 1. The predicted molar refractivity (Wildman–Crippen MR) is 203 cm³/mol. The Morgan fingerprint density at radius 2 is 1.65 bits per heavy atom. The lowest BCUT2D eigenvalue weighted by molar-refractivity contribution is 0.669. The zero-order valence-corrected chi connectivity index (χ0v) is 27.6. The first-order valence-corrected chi connectivity index (χ1v) is 17.3. The van der Waals surface area contributed by atoms with E-state index in [1.165, 1.54) is 48.2 Å². The van der Waals surface area contributed by atoms with Gasteiger partial charge in [-0.3, -0.25) is 0 Å². The van der Waals surface area contributed by atoms with E-state index in [4.69, 9.17) is 14.4 Å². The van der Waals surface area contributed by atoms with E-state index < -0.39 is 0 Å². The lowest BCUT2D eigenvalue weighted by atomic mass is 9.86. The van der Waals surface area contributed by atoms with Gasteiger partial charge in [0, 0.05) is 31.5 Å². The van der Waals surface area contributed by atoms with Gasteiger partial charge in [0.15, 0.2) is 5.84 Å². The van der Waals surface area contributed by atoms with Gasteiger partial charge < -0.3 is 9.73 Å². The van der Waals surface area contributed by atoms with Crippen molar-refractivity contribution in [1.29, 1.82) is 0 Å². The highest BCUT2D eigenvalue weighted by atomic mass is 32.1. The molecule has 5 aromatic carbocycles. The van der Waals surface area contributed by atoms with Gasteiger partial charge in [0.05, 0.1) is 0 Å². The smallest absolute Gasteiger partial charge is 0.159 e. The number of fused-ring (bicyclic) bond motifs is 5. The van der Waals surface area contributed by atoms with Crippen LogP contribution in [-0.4, -0.2) is 11.7 Å². The first-order chi connectivity index (χ1) is 23.6. The number of furan rings is 1. The van der Waals surface area contributed by atoms with Crippen molar-refractivity contribution in [2.75, 3.05) is 0 Å². The molecule has 7 aromatic rings. The fraction of sp³-hybridized carbons (Fsp3) is 0.116. The van der Waals surface area contributed by atoms with Crippen LogP contribution in [0.5, 0.6) is 0 Å². The van der Waals surface area contributed by atoms with Gasteiger partial charge in [-0.05, 0) is 95.8 Å². The van der Waals surface area contributed by atoms with Crippen molar-refractivity contribution < 1.29 is 4.42 Å². The number of nitrogens with zero attached hydrogens (tertiary/aromatic N) is 2. The molecular formula is C43H33N3OS. The maximum Gasteiger partial charge on any atom is 0.159 e. The Bertz CT molecular complexity index is 2510. The summed E-state index contributed by atoms with van der Waals surface area (Å²) in [5.74, 6) is 1.57. The van der Waals surface area contributed by atoms with Crippen LogP contribution in [0.25, 0.3) is 49.7 Å². The van der Waals surface area contributed by atoms with Crippen LogP contribution in [0.4, 0.5) is 0 Å². The molecule has 232 valence electrons. The van der Waals surface area contributed by atoms with Gasteiger partial charge in [-0.2, -0.15) is 0 Å². The molecule has 1 atom stereocenters. The predicted octanol–water partition coefficient (Wildman–Crippen LogP) is 11.1. The average Bonchev–Trinajstić information content (AvgIpc) is 3.68. The topological polar surface area (TPSA) is 49.9 Å². The van der Waals surface area contributed by atoms with Crippen LogP contribution < -0.4 is 5.32 Å². The second kappa shape index (κ2) is 11.6. The van der Waals surface area contributed by atoms with Gasteiger partial charge in [0.2, 0.25) is 0 Å². The maximum atomic E-state index is 6.22. The van der Waals surface area contributed by atoms with Crippen molar-refractivity contribution >= 4 is 72.8 Å². The second-order valence-corrected chi connectivity index (χ2v) is 13.6. The lowest BCUT2D eigenvalue weighted by Gasteiger charge is -2.25. The molecule has 1 N–H and O–H groups in total. The Labute approximate surface area is 283 Å². The van der Waals surface area contributed by atoms with Crippen molar-refractivity contribution in [3.05, 3.63) is 159 Å². The van der Waals surface area contributed by atoms with E-state index in [2.05, 4.69) is 134 Å². The summed E-state index contributed by atoms with van der Waals surface area (Å²) in [5.41, 5.74) is 11.5. The number of thiophene rings is 1. The number of nitrogens with one attached hydrogen (secondary N) is 1. The fourth-order valence-electron chi connectivity index (χ4n) is 7.11. The number of hydrogen-bond acceptors (Lipinski definition) is 5. The standard InChI is InChI=1S/C43H33N3OS/c1-3-10-38-26(2)33-22-21-31(25-39(33)48-38)43-45-41(28-11-5-4-6-12-28)44-42(46-43)30-20-18-27-17-19-29(23-32(27)24-30)34-14-9-16-37-40(34)35-13-7-8-15-36(35)47-37/h3-16,18,20-25,41H,17,19H2,1-2H3,(H,44,45,46)/b10-3-. The molecule has 1 aliphatic carbocycles. The number of amidine groups is 2. The van der Waals surface area contributed by atoms with Crippen LogP contribution in [-0.2, 0) is 6.42 Å². The molecule has 2 aliphatic rings. The van der Waals surface area contributed by atoms with E-state index in [0.717, 1.165) is 57.8 Å². The van der Waals surface area contributed by atoms with Gasteiger partial charge in [0.25, 0.3) is 0 Å². The molecule has 2 aromatic heterocycles. The van der Waals surface area contributed by atoms with Crippen LogP contribution in [0.3, 0.4) is 0 Å². The molecular weight excluding hydrogens is 607 g/mol. The zero-order valence-electron chi connectivity index (χ0n) is 26.8. The fourth-order valence-corrected chi connectivity index (χ4v) is 8.33. The maximum absolute atomic E-state index is 6.22. The van der Waals surface area contributed by atoms with Gasteiger partial charge in [-0.25, -0.2) is 9.98 Å². The highest BCUT2D eigenvalue weighted by Crippen LogP contribution is 2.39. The molecule has 0 amide bonds. The third-order valence-electron chi connectivity index (χ3n) is 9.57. The van der Waals surface area contributed by atoms with Gasteiger partial charge in [-0.15, -0.1) is 11.3 Å². The van der Waals surface area contributed by atoms with Crippen LogP contribution in [0.15, 0.2) is 130 Å². The number of benzene rings is 5. The normalized spacial score (nSPS) is 16.2. The van der Waals surface area contributed by atoms with E-state index in [0.29, 0.717) is 0 Å². The zero-order chi connectivity index (χ0) is 32.2. The Hall–Kier alpha value is -5.52. The molecule has 9 rings (SSSR count).